The first-order valence-corrected chi connectivity index (χ1v) is 9.32. The summed E-state index contributed by atoms with van der Waals surface area (Å²) in [5, 5.41) is 13.4. The number of thioether (sulfide) groups is 1. The number of methoxy groups -OCH3 is 2. The van der Waals surface area contributed by atoms with Crippen LogP contribution in [0.25, 0.3) is 6.08 Å². The molecule has 0 heterocycles. The Balaban J connectivity index is 1.92. The number of thiocyanates is 1. The molecular formula is C21H20N2O5S. The van der Waals surface area contributed by atoms with Crippen LogP contribution in [0.1, 0.15) is 11.1 Å². The number of rotatable bonds is 8. The third-order valence-corrected chi connectivity index (χ3v) is 4.39. The van der Waals surface area contributed by atoms with E-state index in [0.29, 0.717) is 22.7 Å². The van der Waals surface area contributed by atoms with Crippen molar-refractivity contribution in [1.29, 1.82) is 5.26 Å². The Kier molecular flexibility index (Phi) is 8.12. The molecule has 150 valence electrons. The fourth-order valence-electron chi connectivity index (χ4n) is 2.46. The van der Waals surface area contributed by atoms with Gasteiger partial charge in [0, 0.05) is 22.2 Å². The molecule has 2 aromatic rings. The number of para-hydroxylation sites is 1. The standard InChI is InChI=1S/C21H20N2O5S/c1-14-11-16(29-13-22)8-9-17(14)23-19(24)12-28-20(25)10-7-15-5-4-6-18(26-2)21(15)27-3/h4-11H,12H2,1-3H3,(H,23,24)/b10-7+. The number of hydrogen-bond acceptors (Lipinski definition) is 7. The van der Waals surface area contributed by atoms with Crippen LogP contribution < -0.4 is 14.8 Å². The van der Waals surface area contributed by atoms with Gasteiger partial charge in [-0.25, -0.2) is 4.79 Å². The predicted molar refractivity (Wildman–Crippen MR) is 111 cm³/mol. The Morgan fingerprint density at radius 1 is 1.21 bits per heavy atom. The van der Waals surface area contributed by atoms with Crippen molar-refractivity contribution < 1.29 is 23.8 Å². The Morgan fingerprint density at radius 2 is 2.00 bits per heavy atom. The van der Waals surface area contributed by atoms with E-state index in [-0.39, 0.29) is 0 Å². The van der Waals surface area contributed by atoms with Gasteiger partial charge in [-0.3, -0.25) is 4.79 Å². The summed E-state index contributed by atoms with van der Waals surface area (Å²) in [6.45, 7) is 1.39. The molecule has 8 heteroatoms. The number of benzene rings is 2. The summed E-state index contributed by atoms with van der Waals surface area (Å²) >= 11 is 1.04. The van der Waals surface area contributed by atoms with Crippen LogP contribution in [0.2, 0.25) is 0 Å². The average molecular weight is 412 g/mol. The molecule has 0 unspecified atom stereocenters. The third-order valence-electron chi connectivity index (χ3n) is 3.81. The zero-order valence-electron chi connectivity index (χ0n) is 16.2. The Morgan fingerprint density at radius 3 is 2.66 bits per heavy atom. The summed E-state index contributed by atoms with van der Waals surface area (Å²) in [5.41, 5.74) is 2.03. The second-order valence-electron chi connectivity index (χ2n) is 5.74. The van der Waals surface area contributed by atoms with Crippen molar-refractivity contribution in [2.75, 3.05) is 26.1 Å². The van der Waals surface area contributed by atoms with Crippen molar-refractivity contribution in [3.05, 3.63) is 53.6 Å². The number of nitriles is 1. The molecule has 2 aromatic carbocycles. The lowest BCUT2D eigenvalue weighted by Gasteiger charge is -2.10. The minimum atomic E-state index is -0.664. The normalized spacial score (nSPS) is 10.3. The molecule has 0 saturated heterocycles. The van der Waals surface area contributed by atoms with Gasteiger partial charge in [-0.2, -0.15) is 5.26 Å². The number of hydrogen-bond donors (Lipinski definition) is 1. The van der Waals surface area contributed by atoms with Crippen LogP contribution >= 0.6 is 11.8 Å². The molecule has 0 spiro atoms. The van der Waals surface area contributed by atoms with Gasteiger partial charge in [0.15, 0.2) is 18.1 Å². The van der Waals surface area contributed by atoms with E-state index in [1.165, 1.54) is 26.4 Å². The molecule has 0 fully saturated rings. The zero-order chi connectivity index (χ0) is 21.2. The number of nitrogens with zero attached hydrogens (tertiary/aromatic N) is 1. The number of aryl methyl sites for hydroxylation is 1. The summed E-state index contributed by atoms with van der Waals surface area (Å²) in [6, 6.07) is 10.5. The lowest BCUT2D eigenvalue weighted by molar-refractivity contribution is -0.142. The number of ether oxygens (including phenoxy) is 3. The van der Waals surface area contributed by atoms with Crippen molar-refractivity contribution in [3.63, 3.8) is 0 Å². The number of anilines is 1. The molecule has 0 atom stereocenters. The van der Waals surface area contributed by atoms with E-state index < -0.39 is 18.5 Å². The number of carbonyl (C=O) groups excluding carboxylic acids is 2. The molecule has 29 heavy (non-hydrogen) atoms. The molecule has 0 radical (unpaired) electrons. The molecule has 0 bridgehead atoms. The fourth-order valence-corrected chi connectivity index (χ4v) is 2.94. The monoisotopic (exact) mass is 412 g/mol. The van der Waals surface area contributed by atoms with Crippen molar-refractivity contribution in [2.45, 2.75) is 11.8 Å². The minimum Gasteiger partial charge on any atom is -0.493 e. The second-order valence-corrected chi connectivity index (χ2v) is 6.60. The molecule has 2 rings (SSSR count). The smallest absolute Gasteiger partial charge is 0.331 e. The van der Waals surface area contributed by atoms with E-state index in [1.807, 2.05) is 12.3 Å². The Hall–Kier alpha value is -3.44. The van der Waals surface area contributed by atoms with E-state index >= 15 is 0 Å². The summed E-state index contributed by atoms with van der Waals surface area (Å²) < 4.78 is 15.5. The second kappa shape index (κ2) is 10.8. The van der Waals surface area contributed by atoms with Gasteiger partial charge in [-0.1, -0.05) is 12.1 Å². The molecule has 0 aliphatic heterocycles. The topological polar surface area (TPSA) is 97.6 Å². The van der Waals surface area contributed by atoms with Crippen molar-refractivity contribution >= 4 is 35.4 Å². The minimum absolute atomic E-state index is 0.424. The van der Waals surface area contributed by atoms with Crippen LogP contribution in [-0.2, 0) is 14.3 Å². The van der Waals surface area contributed by atoms with E-state index in [2.05, 4.69) is 5.32 Å². The molecule has 1 N–H and O–H groups in total. The fraction of sp³-hybridized carbons (Fsp3) is 0.190. The highest BCUT2D eigenvalue weighted by atomic mass is 32.2. The van der Waals surface area contributed by atoms with Gasteiger partial charge in [0.1, 0.15) is 5.40 Å². The Labute approximate surface area is 173 Å². The Bertz CT molecular complexity index is 966. The van der Waals surface area contributed by atoms with Crippen LogP contribution in [0, 0.1) is 17.6 Å². The van der Waals surface area contributed by atoms with Crippen LogP contribution in [-0.4, -0.2) is 32.7 Å². The molecular weight excluding hydrogens is 392 g/mol. The van der Waals surface area contributed by atoms with Gasteiger partial charge < -0.3 is 19.5 Å². The average Bonchev–Trinajstić information content (AvgIpc) is 2.72. The number of nitrogens with one attached hydrogen (secondary N) is 1. The maximum absolute atomic E-state index is 12.0. The van der Waals surface area contributed by atoms with Crippen LogP contribution in [0.15, 0.2) is 47.4 Å². The van der Waals surface area contributed by atoms with Crippen LogP contribution in [0.3, 0.4) is 0 Å². The zero-order valence-corrected chi connectivity index (χ0v) is 17.0. The van der Waals surface area contributed by atoms with Crippen LogP contribution in [0.4, 0.5) is 5.69 Å². The summed E-state index contributed by atoms with van der Waals surface area (Å²) in [4.78, 5) is 24.7. The van der Waals surface area contributed by atoms with E-state index in [4.69, 9.17) is 19.5 Å². The molecule has 0 aliphatic rings. The predicted octanol–water partition coefficient (Wildman–Crippen LogP) is 3.78. The highest BCUT2D eigenvalue weighted by Crippen LogP contribution is 2.31. The van der Waals surface area contributed by atoms with Gasteiger partial charge >= 0.3 is 5.97 Å². The highest BCUT2D eigenvalue weighted by Gasteiger charge is 2.10. The molecule has 1 amide bonds. The maximum atomic E-state index is 12.0. The van der Waals surface area contributed by atoms with E-state index in [1.54, 1.807) is 36.4 Å². The van der Waals surface area contributed by atoms with Gasteiger partial charge in [0.25, 0.3) is 5.91 Å². The van der Waals surface area contributed by atoms with Crippen molar-refractivity contribution in [2.24, 2.45) is 0 Å². The van der Waals surface area contributed by atoms with E-state index in [9.17, 15) is 9.59 Å². The SMILES string of the molecule is COc1cccc(/C=C/C(=O)OCC(=O)Nc2ccc(SC#N)cc2C)c1OC. The lowest BCUT2D eigenvalue weighted by atomic mass is 10.1. The van der Waals surface area contributed by atoms with Gasteiger partial charge in [0.2, 0.25) is 0 Å². The van der Waals surface area contributed by atoms with Crippen molar-refractivity contribution in [1.82, 2.24) is 0 Å². The molecule has 7 nitrogen and oxygen atoms in total. The summed E-state index contributed by atoms with van der Waals surface area (Å²) in [5.74, 6) is -0.0979. The number of amides is 1. The number of esters is 1. The molecule has 0 aromatic heterocycles. The quantitative estimate of drug-likeness (QED) is 0.305. The third kappa shape index (κ3) is 6.30. The van der Waals surface area contributed by atoms with Gasteiger partial charge in [0.05, 0.1) is 14.2 Å². The van der Waals surface area contributed by atoms with Gasteiger partial charge in [-0.15, -0.1) is 0 Å². The maximum Gasteiger partial charge on any atom is 0.331 e. The molecule has 0 saturated carbocycles. The number of carbonyl (C=O) groups is 2. The molecule has 0 aliphatic carbocycles. The van der Waals surface area contributed by atoms with Crippen LogP contribution in [0.5, 0.6) is 11.5 Å². The summed E-state index contributed by atoms with van der Waals surface area (Å²) in [7, 11) is 3.03. The first-order valence-electron chi connectivity index (χ1n) is 8.50. The highest BCUT2D eigenvalue weighted by molar-refractivity contribution is 8.03. The van der Waals surface area contributed by atoms with E-state index in [0.717, 1.165) is 22.2 Å². The first kappa shape index (κ1) is 21.9. The lowest BCUT2D eigenvalue weighted by Crippen LogP contribution is -2.20. The van der Waals surface area contributed by atoms with Crippen molar-refractivity contribution in [3.8, 4) is 16.9 Å². The first-order chi connectivity index (χ1) is 14.0. The largest absolute Gasteiger partial charge is 0.493 e. The summed E-state index contributed by atoms with van der Waals surface area (Å²) in [6.07, 6.45) is 2.74. The van der Waals surface area contributed by atoms with Gasteiger partial charge in [-0.05, 0) is 54.6 Å².